The fourth-order valence-electron chi connectivity index (χ4n) is 2.05. The van der Waals surface area contributed by atoms with Crippen molar-refractivity contribution < 1.29 is 19.1 Å². The number of urea groups is 1. The van der Waals surface area contributed by atoms with Crippen LogP contribution in [0.2, 0.25) is 0 Å². The monoisotopic (exact) mass is 345 g/mol. The van der Waals surface area contributed by atoms with E-state index >= 15 is 0 Å². The smallest absolute Gasteiger partial charge is 0.338 e. The molecule has 3 amide bonds. The number of esters is 1. The first kappa shape index (κ1) is 18.0. The van der Waals surface area contributed by atoms with Crippen molar-refractivity contribution in [1.82, 2.24) is 9.78 Å². The Kier molecular flexibility index (Phi) is 6.10. The van der Waals surface area contributed by atoms with Gasteiger partial charge in [-0.15, -0.1) is 0 Å². The maximum Gasteiger partial charge on any atom is 0.338 e. The molecule has 2 aromatic rings. The molecule has 0 spiro atoms. The standard InChI is InChI=1S/C16H19N5O4/c1-2-9-21-13(7-8-18-21)20-14(22)10-25-15(23)11-3-5-12(6-4-11)19-16(17)24/h3-8H,2,9-10H2,1H3,(H,20,22)(H3,17,19,24). The van der Waals surface area contributed by atoms with Crippen molar-refractivity contribution >= 4 is 29.4 Å². The molecule has 9 nitrogen and oxygen atoms in total. The van der Waals surface area contributed by atoms with Crippen molar-refractivity contribution in [3.63, 3.8) is 0 Å². The number of rotatable bonds is 7. The molecule has 25 heavy (non-hydrogen) atoms. The van der Waals surface area contributed by atoms with Crippen LogP contribution in [0.15, 0.2) is 36.5 Å². The summed E-state index contributed by atoms with van der Waals surface area (Å²) in [5.74, 6) is -0.564. The molecule has 4 N–H and O–H groups in total. The Balaban J connectivity index is 1.85. The lowest BCUT2D eigenvalue weighted by molar-refractivity contribution is -0.119. The number of anilines is 2. The quantitative estimate of drug-likeness (QED) is 0.656. The third-order valence-corrected chi connectivity index (χ3v) is 3.14. The van der Waals surface area contributed by atoms with Crippen LogP contribution in [0.3, 0.4) is 0 Å². The molecule has 0 aliphatic heterocycles. The molecule has 0 fully saturated rings. The molecule has 0 aliphatic rings. The van der Waals surface area contributed by atoms with Crippen LogP contribution in [0.5, 0.6) is 0 Å². The van der Waals surface area contributed by atoms with Gasteiger partial charge in [-0.3, -0.25) is 4.79 Å². The van der Waals surface area contributed by atoms with Crippen LogP contribution < -0.4 is 16.4 Å². The van der Waals surface area contributed by atoms with Crippen molar-refractivity contribution in [3.05, 3.63) is 42.1 Å². The van der Waals surface area contributed by atoms with Gasteiger partial charge in [0.1, 0.15) is 5.82 Å². The van der Waals surface area contributed by atoms with Gasteiger partial charge in [0.2, 0.25) is 0 Å². The van der Waals surface area contributed by atoms with Crippen molar-refractivity contribution in [2.75, 3.05) is 17.2 Å². The van der Waals surface area contributed by atoms with Gasteiger partial charge in [0.25, 0.3) is 5.91 Å². The summed E-state index contributed by atoms with van der Waals surface area (Å²) in [6, 6.07) is 6.90. The van der Waals surface area contributed by atoms with Gasteiger partial charge in [-0.1, -0.05) is 6.92 Å². The highest BCUT2D eigenvalue weighted by atomic mass is 16.5. The van der Waals surface area contributed by atoms with Crippen molar-refractivity contribution in [2.24, 2.45) is 5.73 Å². The molecule has 0 aliphatic carbocycles. The van der Waals surface area contributed by atoms with Crippen LogP contribution in [0.1, 0.15) is 23.7 Å². The summed E-state index contributed by atoms with van der Waals surface area (Å²) in [7, 11) is 0. The zero-order valence-electron chi connectivity index (χ0n) is 13.7. The Bertz CT molecular complexity index is 754. The van der Waals surface area contributed by atoms with E-state index in [1.54, 1.807) is 16.9 Å². The van der Waals surface area contributed by atoms with E-state index in [4.69, 9.17) is 10.5 Å². The molecule has 1 aromatic carbocycles. The van der Waals surface area contributed by atoms with Gasteiger partial charge in [-0.2, -0.15) is 5.10 Å². The number of hydrogen-bond donors (Lipinski definition) is 3. The van der Waals surface area contributed by atoms with Crippen LogP contribution in [0.25, 0.3) is 0 Å². The number of amides is 3. The number of nitrogens with one attached hydrogen (secondary N) is 2. The lowest BCUT2D eigenvalue weighted by Crippen LogP contribution is -2.22. The predicted octanol–water partition coefficient (Wildman–Crippen LogP) is 1.58. The molecule has 1 aromatic heterocycles. The average molecular weight is 345 g/mol. The van der Waals surface area contributed by atoms with Gasteiger partial charge in [-0.05, 0) is 30.7 Å². The van der Waals surface area contributed by atoms with Crippen molar-refractivity contribution in [2.45, 2.75) is 19.9 Å². The summed E-state index contributed by atoms with van der Waals surface area (Å²) in [6.07, 6.45) is 2.46. The first-order valence-electron chi connectivity index (χ1n) is 7.65. The number of hydrogen-bond acceptors (Lipinski definition) is 5. The van der Waals surface area contributed by atoms with Crippen LogP contribution in [-0.4, -0.2) is 34.3 Å². The van der Waals surface area contributed by atoms with E-state index in [0.29, 0.717) is 18.1 Å². The van der Waals surface area contributed by atoms with E-state index in [-0.39, 0.29) is 5.56 Å². The zero-order valence-corrected chi connectivity index (χ0v) is 13.7. The van der Waals surface area contributed by atoms with Gasteiger partial charge in [0.15, 0.2) is 6.61 Å². The minimum atomic E-state index is -0.700. The van der Waals surface area contributed by atoms with Crippen LogP contribution in [-0.2, 0) is 16.1 Å². The molecule has 0 unspecified atom stereocenters. The van der Waals surface area contributed by atoms with E-state index < -0.39 is 24.5 Å². The third-order valence-electron chi connectivity index (χ3n) is 3.14. The summed E-state index contributed by atoms with van der Waals surface area (Å²) in [5, 5.41) is 9.10. The molecule has 0 radical (unpaired) electrons. The lowest BCUT2D eigenvalue weighted by Gasteiger charge is -2.09. The van der Waals surface area contributed by atoms with Crippen LogP contribution in [0.4, 0.5) is 16.3 Å². The fourth-order valence-corrected chi connectivity index (χ4v) is 2.05. The largest absolute Gasteiger partial charge is 0.452 e. The molecule has 0 saturated heterocycles. The van der Waals surface area contributed by atoms with E-state index in [0.717, 1.165) is 6.42 Å². The molecule has 132 valence electrons. The Morgan fingerprint density at radius 2 is 1.88 bits per heavy atom. The molecular weight excluding hydrogens is 326 g/mol. The summed E-state index contributed by atoms with van der Waals surface area (Å²) in [5.41, 5.74) is 5.69. The minimum Gasteiger partial charge on any atom is -0.452 e. The van der Waals surface area contributed by atoms with Crippen LogP contribution in [0, 0.1) is 0 Å². The summed E-state index contributed by atoms with van der Waals surface area (Å²) >= 11 is 0. The Labute approximate surface area is 144 Å². The molecule has 0 atom stereocenters. The number of primary amides is 1. The number of carbonyl (C=O) groups excluding carboxylic acids is 3. The van der Waals surface area contributed by atoms with E-state index in [1.165, 1.54) is 24.3 Å². The molecule has 9 heteroatoms. The topological polar surface area (TPSA) is 128 Å². The lowest BCUT2D eigenvalue weighted by atomic mass is 10.2. The highest BCUT2D eigenvalue weighted by Gasteiger charge is 2.12. The van der Waals surface area contributed by atoms with Gasteiger partial charge in [0.05, 0.1) is 11.8 Å². The number of nitrogens with zero attached hydrogens (tertiary/aromatic N) is 2. The average Bonchev–Trinajstić information content (AvgIpc) is 3.00. The number of carbonyl (C=O) groups is 3. The Morgan fingerprint density at radius 1 is 1.16 bits per heavy atom. The normalized spacial score (nSPS) is 10.1. The first-order chi connectivity index (χ1) is 12.0. The van der Waals surface area contributed by atoms with Crippen LogP contribution >= 0.6 is 0 Å². The second-order valence-corrected chi connectivity index (χ2v) is 5.13. The van der Waals surface area contributed by atoms with Gasteiger partial charge in [-0.25, -0.2) is 14.3 Å². The van der Waals surface area contributed by atoms with Gasteiger partial charge in [0, 0.05) is 18.3 Å². The number of aromatic nitrogens is 2. The maximum absolute atomic E-state index is 11.9. The third kappa shape index (κ3) is 5.34. The van der Waals surface area contributed by atoms with Crippen molar-refractivity contribution in [3.8, 4) is 0 Å². The first-order valence-corrected chi connectivity index (χ1v) is 7.65. The molecule has 0 bridgehead atoms. The number of aryl methyl sites for hydroxylation is 1. The zero-order chi connectivity index (χ0) is 18.2. The van der Waals surface area contributed by atoms with Crippen molar-refractivity contribution in [1.29, 1.82) is 0 Å². The van der Waals surface area contributed by atoms with Gasteiger partial charge >= 0.3 is 12.0 Å². The Hall–Kier alpha value is -3.36. The highest BCUT2D eigenvalue weighted by molar-refractivity contribution is 5.95. The second-order valence-electron chi connectivity index (χ2n) is 5.13. The molecular formula is C16H19N5O4. The fraction of sp³-hybridized carbons (Fsp3) is 0.250. The van der Waals surface area contributed by atoms with Gasteiger partial charge < -0.3 is 21.1 Å². The number of nitrogens with two attached hydrogens (primary N) is 1. The summed E-state index contributed by atoms with van der Waals surface area (Å²) < 4.78 is 6.62. The summed E-state index contributed by atoms with van der Waals surface area (Å²) in [6.45, 7) is 2.25. The van der Waals surface area contributed by atoms with E-state index in [2.05, 4.69) is 15.7 Å². The maximum atomic E-state index is 11.9. The SMILES string of the molecule is CCCn1nccc1NC(=O)COC(=O)c1ccc(NC(N)=O)cc1. The highest BCUT2D eigenvalue weighted by Crippen LogP contribution is 2.11. The Morgan fingerprint density at radius 3 is 2.52 bits per heavy atom. The molecule has 0 saturated carbocycles. The minimum absolute atomic E-state index is 0.249. The van der Waals surface area contributed by atoms with E-state index in [9.17, 15) is 14.4 Å². The van der Waals surface area contributed by atoms with E-state index in [1.807, 2.05) is 6.92 Å². The molecule has 2 rings (SSSR count). The summed E-state index contributed by atoms with van der Waals surface area (Å²) in [4.78, 5) is 34.5. The number of ether oxygens (including phenoxy) is 1. The molecule has 1 heterocycles. The number of benzene rings is 1. The predicted molar refractivity (Wildman–Crippen MR) is 91.1 cm³/mol. The second kappa shape index (κ2) is 8.48.